The Morgan fingerprint density at radius 1 is 1.33 bits per heavy atom. The second kappa shape index (κ2) is 7.37. The predicted molar refractivity (Wildman–Crippen MR) is 103 cm³/mol. The molecule has 0 radical (unpaired) electrons. The van der Waals surface area contributed by atoms with Crippen LogP contribution in [-0.2, 0) is 11.2 Å². The van der Waals surface area contributed by atoms with Crippen molar-refractivity contribution in [2.45, 2.75) is 32.2 Å². The molecule has 0 saturated carbocycles. The predicted octanol–water partition coefficient (Wildman–Crippen LogP) is 4.59. The maximum atomic E-state index is 12.9. The summed E-state index contributed by atoms with van der Waals surface area (Å²) in [4.78, 5) is 14.8. The van der Waals surface area contributed by atoms with Crippen LogP contribution in [0, 0.1) is 6.92 Å². The number of aromatic nitrogens is 3. The third-order valence-corrected chi connectivity index (χ3v) is 5.55. The van der Waals surface area contributed by atoms with Crippen LogP contribution in [0.4, 0.5) is 0 Å². The quantitative estimate of drug-likeness (QED) is 0.689. The van der Waals surface area contributed by atoms with E-state index in [1.165, 1.54) is 0 Å². The first kappa shape index (κ1) is 18.1. The minimum Gasteiger partial charge on any atom is -0.356 e. The Labute approximate surface area is 166 Å². The highest BCUT2D eigenvalue weighted by Gasteiger charge is 2.33. The zero-order chi connectivity index (χ0) is 19.0. The van der Waals surface area contributed by atoms with Gasteiger partial charge in [0, 0.05) is 12.6 Å². The molecular weight excluding hydrogens is 387 g/mol. The van der Waals surface area contributed by atoms with Crippen LogP contribution in [0.3, 0.4) is 0 Å². The van der Waals surface area contributed by atoms with E-state index >= 15 is 0 Å². The van der Waals surface area contributed by atoms with Gasteiger partial charge < -0.3 is 9.42 Å². The Morgan fingerprint density at radius 3 is 2.93 bits per heavy atom. The average molecular weight is 405 g/mol. The summed E-state index contributed by atoms with van der Waals surface area (Å²) in [6, 6.07) is 7.09. The number of aromatic amines is 1. The van der Waals surface area contributed by atoms with Crippen molar-refractivity contribution in [1.82, 2.24) is 20.3 Å². The van der Waals surface area contributed by atoms with Crippen molar-refractivity contribution in [2.75, 3.05) is 6.54 Å². The third-order valence-electron chi connectivity index (χ3n) is 4.81. The number of amides is 1. The SMILES string of the molecule is Cc1cc(-c2cn[nH]c2[C@H]2CCCN2C(=O)Cc2ccc(Cl)c(Cl)c2)on1. The zero-order valence-electron chi connectivity index (χ0n) is 14.7. The van der Waals surface area contributed by atoms with Crippen LogP contribution < -0.4 is 0 Å². The number of carbonyl (C=O) groups excluding carboxylic acids is 1. The smallest absolute Gasteiger partial charge is 0.227 e. The molecule has 0 spiro atoms. The molecule has 1 N–H and O–H groups in total. The fourth-order valence-corrected chi connectivity index (χ4v) is 3.85. The Kier molecular flexibility index (Phi) is 4.93. The summed E-state index contributed by atoms with van der Waals surface area (Å²) in [5.74, 6) is 0.699. The van der Waals surface area contributed by atoms with Crippen molar-refractivity contribution in [3.8, 4) is 11.3 Å². The van der Waals surface area contributed by atoms with Crippen molar-refractivity contribution < 1.29 is 9.32 Å². The van der Waals surface area contributed by atoms with Crippen molar-refractivity contribution in [3.63, 3.8) is 0 Å². The Balaban J connectivity index is 1.57. The molecule has 8 heteroatoms. The molecule has 4 rings (SSSR count). The number of benzene rings is 1. The van der Waals surface area contributed by atoms with Crippen LogP contribution in [0.2, 0.25) is 10.0 Å². The number of carbonyl (C=O) groups is 1. The molecular formula is C19H18Cl2N4O2. The third kappa shape index (κ3) is 3.59. The monoisotopic (exact) mass is 404 g/mol. The van der Waals surface area contributed by atoms with Crippen molar-refractivity contribution >= 4 is 29.1 Å². The molecule has 1 saturated heterocycles. The fourth-order valence-electron chi connectivity index (χ4n) is 3.53. The number of halogens is 2. The van der Waals surface area contributed by atoms with Gasteiger partial charge in [-0.05, 0) is 37.5 Å². The van der Waals surface area contributed by atoms with Crippen LogP contribution in [-0.4, -0.2) is 32.7 Å². The van der Waals surface area contributed by atoms with Gasteiger partial charge in [0.15, 0.2) is 5.76 Å². The molecule has 27 heavy (non-hydrogen) atoms. The standard InChI is InChI=1S/C19H18Cl2N4O2/c1-11-7-17(27-24-11)13-10-22-23-19(13)16-3-2-6-25(16)18(26)9-12-4-5-14(20)15(21)8-12/h4-5,7-8,10,16H,2-3,6,9H2,1H3,(H,22,23)/t16-/m1/s1. The van der Waals surface area contributed by atoms with Crippen LogP contribution in [0.25, 0.3) is 11.3 Å². The number of nitrogens with zero attached hydrogens (tertiary/aromatic N) is 3. The number of nitrogens with one attached hydrogen (secondary N) is 1. The Bertz CT molecular complexity index is 982. The lowest BCUT2D eigenvalue weighted by molar-refractivity contribution is -0.131. The maximum Gasteiger partial charge on any atom is 0.227 e. The van der Waals surface area contributed by atoms with E-state index in [4.69, 9.17) is 27.7 Å². The molecule has 0 aliphatic carbocycles. The van der Waals surface area contributed by atoms with Crippen molar-refractivity contribution in [2.24, 2.45) is 0 Å². The minimum absolute atomic E-state index is 0.0465. The molecule has 3 aromatic rings. The van der Waals surface area contributed by atoms with E-state index in [-0.39, 0.29) is 18.4 Å². The number of hydrogen-bond acceptors (Lipinski definition) is 4. The lowest BCUT2D eigenvalue weighted by atomic mass is 10.0. The van der Waals surface area contributed by atoms with Gasteiger partial charge in [-0.2, -0.15) is 5.10 Å². The van der Waals surface area contributed by atoms with Gasteiger partial charge in [0.1, 0.15) is 0 Å². The van der Waals surface area contributed by atoms with E-state index in [0.29, 0.717) is 22.4 Å². The molecule has 1 aliphatic rings. The Morgan fingerprint density at radius 2 is 2.19 bits per heavy atom. The molecule has 1 aromatic carbocycles. The summed E-state index contributed by atoms with van der Waals surface area (Å²) in [5, 5.41) is 12.1. The van der Waals surface area contributed by atoms with Gasteiger partial charge in [0.05, 0.1) is 45.7 Å². The fraction of sp³-hybridized carbons (Fsp3) is 0.316. The highest BCUT2D eigenvalue weighted by Crippen LogP contribution is 2.37. The zero-order valence-corrected chi connectivity index (χ0v) is 16.2. The van der Waals surface area contributed by atoms with Gasteiger partial charge in [-0.3, -0.25) is 9.89 Å². The molecule has 0 bridgehead atoms. The van der Waals surface area contributed by atoms with Gasteiger partial charge in [-0.1, -0.05) is 34.4 Å². The molecule has 1 amide bonds. The molecule has 2 aromatic heterocycles. The lowest BCUT2D eigenvalue weighted by Crippen LogP contribution is -2.32. The highest BCUT2D eigenvalue weighted by atomic mass is 35.5. The number of H-pyrrole nitrogens is 1. The first-order chi connectivity index (χ1) is 13.0. The number of rotatable bonds is 4. The van der Waals surface area contributed by atoms with Gasteiger partial charge in [-0.15, -0.1) is 0 Å². The summed E-state index contributed by atoms with van der Waals surface area (Å²) in [6.07, 6.45) is 3.80. The van der Waals surface area contributed by atoms with Crippen LogP contribution in [0.15, 0.2) is 35.0 Å². The Hall–Kier alpha value is -2.31. The van der Waals surface area contributed by atoms with Gasteiger partial charge in [0.2, 0.25) is 5.91 Å². The van der Waals surface area contributed by atoms with Crippen LogP contribution >= 0.6 is 23.2 Å². The van der Waals surface area contributed by atoms with Crippen molar-refractivity contribution in [3.05, 3.63) is 57.5 Å². The van der Waals surface area contributed by atoms with E-state index in [0.717, 1.165) is 35.4 Å². The van der Waals surface area contributed by atoms with Crippen LogP contribution in [0.5, 0.6) is 0 Å². The van der Waals surface area contributed by atoms with E-state index in [1.54, 1.807) is 18.3 Å². The normalized spacial score (nSPS) is 16.9. The first-order valence-corrected chi connectivity index (χ1v) is 9.49. The van der Waals surface area contributed by atoms with Crippen molar-refractivity contribution in [1.29, 1.82) is 0 Å². The number of hydrogen-bond donors (Lipinski definition) is 1. The highest BCUT2D eigenvalue weighted by molar-refractivity contribution is 6.42. The van der Waals surface area contributed by atoms with Crippen LogP contribution in [0.1, 0.15) is 35.8 Å². The number of aryl methyl sites for hydroxylation is 1. The summed E-state index contributed by atoms with van der Waals surface area (Å²) >= 11 is 12.0. The number of likely N-dealkylation sites (tertiary alicyclic amines) is 1. The van der Waals surface area contributed by atoms with Gasteiger partial charge in [-0.25, -0.2) is 0 Å². The molecule has 140 valence electrons. The van der Waals surface area contributed by atoms with E-state index in [1.807, 2.05) is 24.0 Å². The minimum atomic E-state index is -0.0665. The molecule has 1 aliphatic heterocycles. The lowest BCUT2D eigenvalue weighted by Gasteiger charge is -2.24. The molecule has 3 heterocycles. The molecule has 0 unspecified atom stereocenters. The first-order valence-electron chi connectivity index (χ1n) is 8.73. The van der Waals surface area contributed by atoms with E-state index in [2.05, 4.69) is 15.4 Å². The van der Waals surface area contributed by atoms with Gasteiger partial charge in [0.25, 0.3) is 0 Å². The molecule has 1 atom stereocenters. The van der Waals surface area contributed by atoms with Gasteiger partial charge >= 0.3 is 0 Å². The summed E-state index contributed by atoms with van der Waals surface area (Å²) in [6.45, 7) is 2.58. The average Bonchev–Trinajstić information content (AvgIpc) is 3.36. The molecule has 1 fully saturated rings. The van der Waals surface area contributed by atoms with E-state index < -0.39 is 0 Å². The largest absolute Gasteiger partial charge is 0.356 e. The summed E-state index contributed by atoms with van der Waals surface area (Å²) < 4.78 is 5.38. The maximum absolute atomic E-state index is 12.9. The van der Waals surface area contributed by atoms with E-state index in [9.17, 15) is 4.79 Å². The second-order valence-electron chi connectivity index (χ2n) is 6.70. The molecule has 6 nitrogen and oxygen atoms in total. The summed E-state index contributed by atoms with van der Waals surface area (Å²) in [7, 11) is 0. The summed E-state index contributed by atoms with van der Waals surface area (Å²) in [5.41, 5.74) is 3.37. The topological polar surface area (TPSA) is 75.0 Å². The second-order valence-corrected chi connectivity index (χ2v) is 7.51.